The summed E-state index contributed by atoms with van der Waals surface area (Å²) in [6.45, 7) is 6.47. The molecule has 1 atom stereocenters. The third-order valence-corrected chi connectivity index (χ3v) is 4.46. The number of piperazine rings is 1. The largest absolute Gasteiger partial charge is 0.352 e. The van der Waals surface area contributed by atoms with E-state index < -0.39 is 6.04 Å². The normalized spacial score (nSPS) is 17.8. The van der Waals surface area contributed by atoms with Crippen LogP contribution in [0.4, 0.5) is 0 Å². The monoisotopic (exact) mass is 321 g/mol. The summed E-state index contributed by atoms with van der Waals surface area (Å²) in [4.78, 5) is 40.2. The van der Waals surface area contributed by atoms with Crippen LogP contribution in [0.1, 0.15) is 17.8 Å². The Labute approximate surface area is 133 Å². The molecule has 118 valence electrons. The van der Waals surface area contributed by atoms with Crippen molar-refractivity contribution in [2.24, 2.45) is 0 Å². The van der Waals surface area contributed by atoms with Crippen LogP contribution >= 0.6 is 11.3 Å². The minimum Gasteiger partial charge on any atom is -0.352 e. The van der Waals surface area contributed by atoms with E-state index in [1.807, 2.05) is 17.5 Å². The standard InChI is InChI=1S/C15H19N3O3S/c1-3-12(19)17(4-2)10-13(20)18-8-7-16-15(21)14(18)11-6-5-9-22-11/h3,5-6,9,14H,1,4,7-8,10H2,2H3,(H,16,21). The van der Waals surface area contributed by atoms with Gasteiger partial charge < -0.3 is 15.1 Å². The van der Waals surface area contributed by atoms with Crippen molar-refractivity contribution in [1.29, 1.82) is 0 Å². The molecular weight excluding hydrogens is 302 g/mol. The first-order valence-electron chi connectivity index (χ1n) is 7.10. The van der Waals surface area contributed by atoms with Crippen molar-refractivity contribution in [3.63, 3.8) is 0 Å². The molecule has 7 heteroatoms. The van der Waals surface area contributed by atoms with Crippen LogP contribution < -0.4 is 5.32 Å². The highest BCUT2D eigenvalue weighted by Gasteiger charge is 2.35. The third kappa shape index (κ3) is 3.36. The highest BCUT2D eigenvalue weighted by molar-refractivity contribution is 7.10. The smallest absolute Gasteiger partial charge is 0.248 e. The molecule has 2 heterocycles. The van der Waals surface area contributed by atoms with Crippen LogP contribution in [0.3, 0.4) is 0 Å². The number of carbonyl (C=O) groups is 3. The van der Waals surface area contributed by atoms with E-state index in [4.69, 9.17) is 0 Å². The predicted octanol–water partition coefficient (Wildman–Crippen LogP) is 0.782. The second-order valence-electron chi connectivity index (χ2n) is 4.85. The minimum absolute atomic E-state index is 0.0451. The maximum absolute atomic E-state index is 12.6. The SMILES string of the molecule is C=CC(=O)N(CC)CC(=O)N1CCNC(=O)C1c1cccs1. The molecule has 0 spiro atoms. The summed E-state index contributed by atoms with van der Waals surface area (Å²) in [5.41, 5.74) is 0. The molecule has 22 heavy (non-hydrogen) atoms. The van der Waals surface area contributed by atoms with Gasteiger partial charge >= 0.3 is 0 Å². The molecule has 2 rings (SSSR count). The van der Waals surface area contributed by atoms with Gasteiger partial charge in [0.05, 0.1) is 0 Å². The Morgan fingerprint density at radius 3 is 2.95 bits per heavy atom. The lowest BCUT2D eigenvalue weighted by atomic mass is 10.1. The van der Waals surface area contributed by atoms with Gasteiger partial charge in [0.1, 0.15) is 12.6 Å². The highest BCUT2D eigenvalue weighted by atomic mass is 32.1. The van der Waals surface area contributed by atoms with Crippen molar-refractivity contribution in [3.05, 3.63) is 35.0 Å². The molecule has 1 aromatic heterocycles. The quantitative estimate of drug-likeness (QED) is 0.815. The van der Waals surface area contributed by atoms with Crippen molar-refractivity contribution >= 4 is 29.1 Å². The number of nitrogens with zero attached hydrogens (tertiary/aromatic N) is 2. The maximum atomic E-state index is 12.6. The van der Waals surface area contributed by atoms with Gasteiger partial charge in [0, 0.05) is 24.5 Å². The fourth-order valence-corrected chi connectivity index (χ4v) is 3.23. The second kappa shape index (κ2) is 7.22. The van der Waals surface area contributed by atoms with Crippen LogP contribution in [0.5, 0.6) is 0 Å². The summed E-state index contributed by atoms with van der Waals surface area (Å²) in [7, 11) is 0. The van der Waals surface area contributed by atoms with Gasteiger partial charge in [-0.1, -0.05) is 12.6 Å². The Morgan fingerprint density at radius 1 is 1.59 bits per heavy atom. The van der Waals surface area contributed by atoms with Gasteiger partial charge in [-0.05, 0) is 24.4 Å². The molecule has 1 aliphatic heterocycles. The third-order valence-electron chi connectivity index (χ3n) is 3.54. The number of nitrogens with one attached hydrogen (secondary N) is 1. The number of amides is 3. The average Bonchev–Trinajstić information content (AvgIpc) is 3.05. The summed E-state index contributed by atoms with van der Waals surface area (Å²) in [5.74, 6) is -0.699. The van der Waals surface area contributed by atoms with E-state index in [1.54, 1.807) is 11.8 Å². The van der Waals surface area contributed by atoms with Gasteiger partial charge in [-0.2, -0.15) is 0 Å². The molecule has 1 unspecified atom stereocenters. The summed E-state index contributed by atoms with van der Waals surface area (Å²) in [6, 6.07) is 3.08. The van der Waals surface area contributed by atoms with E-state index in [0.29, 0.717) is 19.6 Å². The molecule has 0 saturated carbocycles. The topological polar surface area (TPSA) is 69.7 Å². The summed E-state index contributed by atoms with van der Waals surface area (Å²) in [5, 5.41) is 4.66. The number of thiophene rings is 1. The first-order valence-corrected chi connectivity index (χ1v) is 7.98. The highest BCUT2D eigenvalue weighted by Crippen LogP contribution is 2.27. The lowest BCUT2D eigenvalue weighted by molar-refractivity contribution is -0.146. The first kappa shape index (κ1) is 16.2. The van der Waals surface area contributed by atoms with E-state index >= 15 is 0 Å². The van der Waals surface area contributed by atoms with Crippen LogP contribution in [-0.4, -0.2) is 53.7 Å². The maximum Gasteiger partial charge on any atom is 0.248 e. The molecule has 1 saturated heterocycles. The first-order chi connectivity index (χ1) is 10.6. The minimum atomic E-state index is -0.612. The summed E-state index contributed by atoms with van der Waals surface area (Å²) >= 11 is 1.44. The average molecular weight is 321 g/mol. The molecule has 1 aromatic rings. The van der Waals surface area contributed by atoms with Crippen LogP contribution in [-0.2, 0) is 14.4 Å². The fraction of sp³-hybridized carbons (Fsp3) is 0.400. The lowest BCUT2D eigenvalue weighted by Gasteiger charge is -2.35. The van der Waals surface area contributed by atoms with Gasteiger partial charge in [-0.25, -0.2) is 0 Å². The number of hydrogen-bond donors (Lipinski definition) is 1. The fourth-order valence-electron chi connectivity index (χ4n) is 2.39. The van der Waals surface area contributed by atoms with Gasteiger partial charge in [-0.15, -0.1) is 11.3 Å². The Morgan fingerprint density at radius 2 is 2.36 bits per heavy atom. The van der Waals surface area contributed by atoms with Crippen molar-refractivity contribution in [1.82, 2.24) is 15.1 Å². The zero-order valence-corrected chi connectivity index (χ0v) is 13.3. The molecule has 0 bridgehead atoms. The van der Waals surface area contributed by atoms with Gasteiger partial charge in [-0.3, -0.25) is 14.4 Å². The van der Waals surface area contributed by atoms with Gasteiger partial charge in [0.25, 0.3) is 0 Å². The zero-order chi connectivity index (χ0) is 16.1. The van der Waals surface area contributed by atoms with Gasteiger partial charge in [0.15, 0.2) is 0 Å². The second-order valence-corrected chi connectivity index (χ2v) is 5.83. The van der Waals surface area contributed by atoms with E-state index in [9.17, 15) is 14.4 Å². The Balaban J connectivity index is 2.17. The van der Waals surface area contributed by atoms with Crippen molar-refractivity contribution in [2.45, 2.75) is 13.0 Å². The molecule has 1 N–H and O–H groups in total. The molecular formula is C15H19N3O3S. The number of likely N-dealkylation sites (N-methyl/N-ethyl adjacent to an activating group) is 1. The van der Waals surface area contributed by atoms with E-state index in [2.05, 4.69) is 11.9 Å². The number of carbonyl (C=O) groups excluding carboxylic acids is 3. The van der Waals surface area contributed by atoms with Crippen LogP contribution in [0.2, 0.25) is 0 Å². The Kier molecular flexibility index (Phi) is 5.32. The number of rotatable bonds is 5. The Bertz CT molecular complexity index is 571. The number of hydrogen-bond acceptors (Lipinski definition) is 4. The van der Waals surface area contributed by atoms with E-state index in [0.717, 1.165) is 4.88 Å². The van der Waals surface area contributed by atoms with Gasteiger partial charge in [0.2, 0.25) is 17.7 Å². The van der Waals surface area contributed by atoms with E-state index in [1.165, 1.54) is 22.3 Å². The van der Waals surface area contributed by atoms with Crippen molar-refractivity contribution < 1.29 is 14.4 Å². The molecule has 0 aliphatic carbocycles. The lowest BCUT2D eigenvalue weighted by Crippen LogP contribution is -2.54. The summed E-state index contributed by atoms with van der Waals surface area (Å²) < 4.78 is 0. The van der Waals surface area contributed by atoms with E-state index in [-0.39, 0.29) is 24.3 Å². The van der Waals surface area contributed by atoms with Crippen molar-refractivity contribution in [3.8, 4) is 0 Å². The molecule has 1 aliphatic rings. The predicted molar refractivity (Wildman–Crippen MR) is 84.2 cm³/mol. The van der Waals surface area contributed by atoms with Crippen LogP contribution in [0.15, 0.2) is 30.2 Å². The zero-order valence-electron chi connectivity index (χ0n) is 12.4. The molecule has 3 amide bonds. The molecule has 6 nitrogen and oxygen atoms in total. The molecule has 0 radical (unpaired) electrons. The molecule has 0 aromatic carbocycles. The molecule has 1 fully saturated rings. The summed E-state index contributed by atoms with van der Waals surface area (Å²) in [6.07, 6.45) is 1.19. The van der Waals surface area contributed by atoms with Crippen LogP contribution in [0.25, 0.3) is 0 Å². The Hall–Kier alpha value is -2.15. The van der Waals surface area contributed by atoms with Crippen LogP contribution in [0, 0.1) is 0 Å². The van der Waals surface area contributed by atoms with Crippen molar-refractivity contribution in [2.75, 3.05) is 26.2 Å².